The molecule has 0 saturated heterocycles. The van der Waals surface area contributed by atoms with Crippen LogP contribution < -0.4 is 0 Å². The third kappa shape index (κ3) is 3.76. The molecular weight excluding hydrogens is 268 g/mol. The van der Waals surface area contributed by atoms with E-state index in [9.17, 15) is 9.59 Å². The highest BCUT2D eigenvalue weighted by Crippen LogP contribution is 2.33. The Bertz CT molecular complexity index is 459. The maximum absolute atomic E-state index is 10.8. The Hall–Kier alpha value is -1.43. The van der Waals surface area contributed by atoms with Gasteiger partial charge in [0.1, 0.15) is 5.76 Å². The number of carbonyl (C=O) groups is 2. The van der Waals surface area contributed by atoms with E-state index in [-0.39, 0.29) is 11.7 Å². The number of carboxylic acids is 2. The summed E-state index contributed by atoms with van der Waals surface area (Å²) in [6.45, 7) is 0. The second-order valence-corrected chi connectivity index (χ2v) is 5.98. The molecule has 104 valence electrons. The summed E-state index contributed by atoms with van der Waals surface area (Å²) in [5, 5.41) is 18.1. The van der Waals surface area contributed by atoms with Crippen molar-refractivity contribution in [1.29, 1.82) is 0 Å². The van der Waals surface area contributed by atoms with Gasteiger partial charge in [0.2, 0.25) is 5.76 Å². The van der Waals surface area contributed by atoms with Crippen molar-refractivity contribution in [2.75, 3.05) is 0 Å². The fraction of sp³-hybridized carbons (Fsp3) is 0.538. The summed E-state index contributed by atoms with van der Waals surface area (Å²) in [7, 11) is 0. The Morgan fingerprint density at radius 3 is 2.42 bits per heavy atom. The van der Waals surface area contributed by atoms with Crippen molar-refractivity contribution in [2.24, 2.45) is 5.92 Å². The van der Waals surface area contributed by atoms with Gasteiger partial charge < -0.3 is 14.6 Å². The predicted octanol–water partition coefficient (Wildman–Crippen LogP) is 2.85. The third-order valence-corrected chi connectivity index (χ3v) is 4.75. The van der Waals surface area contributed by atoms with Gasteiger partial charge in [0.25, 0.3) is 0 Å². The van der Waals surface area contributed by atoms with E-state index < -0.39 is 11.9 Å². The van der Waals surface area contributed by atoms with Gasteiger partial charge in [-0.25, -0.2) is 4.79 Å². The molecule has 5 nitrogen and oxygen atoms in total. The van der Waals surface area contributed by atoms with Crippen LogP contribution in [0.1, 0.15) is 42.0 Å². The predicted molar refractivity (Wildman–Crippen MR) is 70.3 cm³/mol. The van der Waals surface area contributed by atoms with Gasteiger partial charge in [-0.15, -0.1) is 0 Å². The van der Waals surface area contributed by atoms with Crippen LogP contribution >= 0.6 is 11.8 Å². The van der Waals surface area contributed by atoms with Crippen LogP contribution in [0.2, 0.25) is 0 Å². The summed E-state index contributed by atoms with van der Waals surface area (Å²) in [4.78, 5) is 21.5. The molecule has 1 saturated carbocycles. The van der Waals surface area contributed by atoms with Crippen LogP contribution in [0, 0.1) is 5.92 Å². The van der Waals surface area contributed by atoms with Crippen LogP contribution in [0.4, 0.5) is 0 Å². The minimum Gasteiger partial charge on any atom is -0.481 e. The molecule has 1 aromatic rings. The first-order valence-electron chi connectivity index (χ1n) is 6.22. The lowest BCUT2D eigenvalue weighted by Gasteiger charge is -2.25. The van der Waals surface area contributed by atoms with Gasteiger partial charge in [-0.1, -0.05) is 0 Å². The molecule has 6 heteroatoms. The van der Waals surface area contributed by atoms with E-state index in [2.05, 4.69) is 0 Å². The van der Waals surface area contributed by atoms with Gasteiger partial charge in [-0.3, -0.25) is 4.79 Å². The topological polar surface area (TPSA) is 87.7 Å². The molecule has 0 unspecified atom stereocenters. The van der Waals surface area contributed by atoms with E-state index in [4.69, 9.17) is 14.6 Å². The minimum atomic E-state index is -1.06. The number of aromatic carboxylic acids is 1. The molecule has 1 aliphatic rings. The lowest BCUT2D eigenvalue weighted by molar-refractivity contribution is -0.142. The zero-order chi connectivity index (χ0) is 13.8. The molecule has 0 aliphatic heterocycles. The Kier molecular flexibility index (Phi) is 4.52. The van der Waals surface area contributed by atoms with E-state index >= 15 is 0 Å². The number of hydrogen-bond acceptors (Lipinski definition) is 4. The van der Waals surface area contributed by atoms with Crippen LogP contribution in [0.25, 0.3) is 0 Å². The van der Waals surface area contributed by atoms with Gasteiger partial charge in [-0.05, 0) is 37.8 Å². The largest absolute Gasteiger partial charge is 0.481 e. The monoisotopic (exact) mass is 284 g/mol. The molecule has 1 heterocycles. The average Bonchev–Trinajstić information content (AvgIpc) is 2.86. The van der Waals surface area contributed by atoms with Gasteiger partial charge in [0.15, 0.2) is 0 Å². The molecule has 2 N–H and O–H groups in total. The van der Waals surface area contributed by atoms with E-state index in [1.165, 1.54) is 6.07 Å². The number of hydrogen-bond donors (Lipinski definition) is 2. The molecule has 0 bridgehead atoms. The van der Waals surface area contributed by atoms with Crippen molar-refractivity contribution in [2.45, 2.75) is 36.7 Å². The Labute approximate surface area is 115 Å². The standard InChI is InChI=1S/C13H16O5S/c14-12(15)8-1-4-10(5-2-8)19-7-9-3-6-11(18-9)13(16)17/h3,6,8,10H,1-2,4-5,7H2,(H,14,15)(H,16,17). The lowest BCUT2D eigenvalue weighted by atomic mass is 9.89. The highest BCUT2D eigenvalue weighted by molar-refractivity contribution is 7.99. The van der Waals surface area contributed by atoms with Gasteiger partial charge in [0.05, 0.1) is 11.7 Å². The SMILES string of the molecule is O=C(O)c1ccc(CSC2CCC(C(=O)O)CC2)o1. The molecule has 0 spiro atoms. The molecule has 1 aliphatic carbocycles. The van der Waals surface area contributed by atoms with Gasteiger partial charge >= 0.3 is 11.9 Å². The van der Waals surface area contributed by atoms with E-state index in [1.807, 2.05) is 0 Å². The third-order valence-electron chi connectivity index (χ3n) is 3.36. The van der Waals surface area contributed by atoms with Crippen LogP contribution in [0.15, 0.2) is 16.5 Å². The molecule has 0 aromatic carbocycles. The van der Waals surface area contributed by atoms with Crippen molar-refractivity contribution >= 4 is 23.7 Å². The van der Waals surface area contributed by atoms with Gasteiger partial charge in [0, 0.05) is 5.25 Å². The molecule has 0 amide bonds. The van der Waals surface area contributed by atoms with Crippen molar-refractivity contribution < 1.29 is 24.2 Å². The average molecular weight is 284 g/mol. The molecule has 0 atom stereocenters. The Morgan fingerprint density at radius 2 is 1.89 bits per heavy atom. The zero-order valence-electron chi connectivity index (χ0n) is 10.4. The van der Waals surface area contributed by atoms with Crippen molar-refractivity contribution in [1.82, 2.24) is 0 Å². The summed E-state index contributed by atoms with van der Waals surface area (Å²) in [6.07, 6.45) is 3.25. The smallest absolute Gasteiger partial charge is 0.371 e. The number of furan rings is 1. The maximum atomic E-state index is 10.8. The maximum Gasteiger partial charge on any atom is 0.371 e. The highest BCUT2D eigenvalue weighted by Gasteiger charge is 2.26. The van der Waals surface area contributed by atoms with E-state index in [0.717, 1.165) is 25.7 Å². The Morgan fingerprint density at radius 1 is 1.21 bits per heavy atom. The van der Waals surface area contributed by atoms with Crippen LogP contribution in [-0.4, -0.2) is 27.4 Å². The fourth-order valence-electron chi connectivity index (χ4n) is 2.25. The second kappa shape index (κ2) is 6.14. The number of thioether (sulfide) groups is 1. The second-order valence-electron chi connectivity index (χ2n) is 4.69. The normalized spacial score (nSPS) is 23.2. The van der Waals surface area contributed by atoms with Crippen LogP contribution in [0.3, 0.4) is 0 Å². The molecular formula is C13H16O5S. The first kappa shape index (κ1) is 14.0. The van der Waals surface area contributed by atoms with Crippen molar-refractivity contribution in [3.63, 3.8) is 0 Å². The molecule has 2 rings (SSSR count). The summed E-state index contributed by atoms with van der Waals surface area (Å²) in [5.41, 5.74) is 0. The van der Waals surface area contributed by atoms with E-state index in [0.29, 0.717) is 16.8 Å². The van der Waals surface area contributed by atoms with Crippen LogP contribution in [0.5, 0.6) is 0 Å². The number of carboxylic acid groups (broad SMARTS) is 2. The summed E-state index contributed by atoms with van der Waals surface area (Å²) in [5.74, 6) is -0.693. The number of rotatable bonds is 5. The summed E-state index contributed by atoms with van der Waals surface area (Å²) >= 11 is 1.71. The van der Waals surface area contributed by atoms with Crippen LogP contribution in [-0.2, 0) is 10.5 Å². The quantitative estimate of drug-likeness (QED) is 0.864. The first-order chi connectivity index (χ1) is 9.06. The van der Waals surface area contributed by atoms with Gasteiger partial charge in [-0.2, -0.15) is 11.8 Å². The summed E-state index contributed by atoms with van der Waals surface area (Å²) in [6, 6.07) is 3.14. The van der Waals surface area contributed by atoms with Crippen molar-refractivity contribution in [3.05, 3.63) is 23.7 Å². The number of aliphatic carboxylic acids is 1. The highest BCUT2D eigenvalue weighted by atomic mass is 32.2. The Balaban J connectivity index is 1.77. The first-order valence-corrected chi connectivity index (χ1v) is 7.27. The van der Waals surface area contributed by atoms with Crippen molar-refractivity contribution in [3.8, 4) is 0 Å². The molecule has 0 radical (unpaired) electrons. The molecule has 1 aromatic heterocycles. The zero-order valence-corrected chi connectivity index (χ0v) is 11.2. The lowest BCUT2D eigenvalue weighted by Crippen LogP contribution is -2.22. The molecule has 1 fully saturated rings. The fourth-order valence-corrected chi connectivity index (χ4v) is 3.41. The minimum absolute atomic E-state index is 0.0369. The summed E-state index contributed by atoms with van der Waals surface area (Å²) < 4.78 is 5.18. The molecule has 19 heavy (non-hydrogen) atoms. The van der Waals surface area contributed by atoms with E-state index in [1.54, 1.807) is 17.8 Å².